The molecule has 4 nitrogen and oxygen atoms in total. The third kappa shape index (κ3) is 5.07. The topological polar surface area (TPSA) is 51.2 Å². The maximum absolute atomic E-state index is 12.8. The molecule has 0 spiro atoms. The first-order valence-electron chi connectivity index (χ1n) is 7.37. The zero-order chi connectivity index (χ0) is 17.2. The van der Waals surface area contributed by atoms with Crippen molar-refractivity contribution in [1.29, 1.82) is 0 Å². The average molecular weight is 415 g/mol. The second-order valence-electron chi connectivity index (χ2n) is 5.82. The molecule has 2 rings (SSSR count). The summed E-state index contributed by atoms with van der Waals surface area (Å²) in [5, 5.41) is 3.30. The maximum atomic E-state index is 12.8. The van der Waals surface area contributed by atoms with Crippen LogP contribution in [0.4, 0.5) is 18.0 Å². The summed E-state index contributed by atoms with van der Waals surface area (Å²) in [6, 6.07) is 0.00277. The Hall–Kier alpha value is -0.830. The molecule has 1 aromatic rings. The number of alkyl halides is 3. The maximum Gasteiger partial charge on any atom is 0.435 e. The van der Waals surface area contributed by atoms with Crippen molar-refractivity contribution < 1.29 is 22.7 Å². The van der Waals surface area contributed by atoms with Crippen LogP contribution in [0, 0.1) is 0 Å². The molecule has 23 heavy (non-hydrogen) atoms. The summed E-state index contributed by atoms with van der Waals surface area (Å²) in [5.74, 6) is 0.00608. The predicted octanol–water partition coefficient (Wildman–Crippen LogP) is 5.09. The lowest BCUT2D eigenvalue weighted by molar-refractivity contribution is -0.141. The van der Waals surface area contributed by atoms with Gasteiger partial charge in [-0.05, 0) is 55.5 Å². The number of amides is 1. The molecule has 0 atom stereocenters. The number of carbonyl (C=O) groups is 1. The Morgan fingerprint density at radius 1 is 1.35 bits per heavy atom. The van der Waals surface area contributed by atoms with Crippen molar-refractivity contribution in [2.75, 3.05) is 0 Å². The largest absolute Gasteiger partial charge is 0.447 e. The molecule has 1 amide bonds. The van der Waals surface area contributed by atoms with Gasteiger partial charge in [-0.2, -0.15) is 13.2 Å². The molecule has 0 saturated heterocycles. The standard InChI is InChI=1S/C14H18BrF3N2O2S/c1-7(2)22-13(21)19-9-5-3-8(4-6-9)12-20-10(11(15)23-12)14(16,17)18/h7-9H,3-6H2,1-2H3,(H,19,21)/t8-,9-. The molecular formula is C14H18BrF3N2O2S. The number of hydrogen-bond acceptors (Lipinski definition) is 4. The smallest absolute Gasteiger partial charge is 0.435 e. The SMILES string of the molecule is CC(C)OC(=O)N[C@H]1CC[C@H](c2nc(C(F)(F)F)c(Br)s2)CC1. The third-order valence-corrected chi connectivity index (χ3v) is 5.48. The summed E-state index contributed by atoms with van der Waals surface area (Å²) in [6.07, 6.45) is -2.26. The summed E-state index contributed by atoms with van der Waals surface area (Å²) in [4.78, 5) is 15.3. The zero-order valence-corrected chi connectivity index (χ0v) is 15.1. The normalized spacial score (nSPS) is 22.2. The number of nitrogens with zero attached hydrogens (tertiary/aromatic N) is 1. The van der Waals surface area contributed by atoms with Crippen molar-refractivity contribution in [3.63, 3.8) is 0 Å². The molecule has 0 unspecified atom stereocenters. The fourth-order valence-electron chi connectivity index (χ4n) is 2.57. The van der Waals surface area contributed by atoms with Crippen LogP contribution < -0.4 is 5.32 Å². The van der Waals surface area contributed by atoms with E-state index in [-0.39, 0.29) is 21.9 Å². The Kier molecular flexibility index (Phi) is 5.94. The highest BCUT2D eigenvalue weighted by atomic mass is 79.9. The molecule has 1 aromatic heterocycles. The van der Waals surface area contributed by atoms with Gasteiger partial charge in [0.05, 0.1) is 11.1 Å². The molecule has 0 radical (unpaired) electrons. The van der Waals surface area contributed by atoms with Gasteiger partial charge in [0.25, 0.3) is 0 Å². The first-order valence-corrected chi connectivity index (χ1v) is 8.98. The molecular weight excluding hydrogens is 397 g/mol. The Balaban J connectivity index is 1.91. The molecule has 1 fully saturated rings. The van der Waals surface area contributed by atoms with Crippen molar-refractivity contribution in [3.8, 4) is 0 Å². The van der Waals surface area contributed by atoms with Gasteiger partial charge < -0.3 is 10.1 Å². The molecule has 1 heterocycles. The van der Waals surface area contributed by atoms with Gasteiger partial charge in [-0.1, -0.05) is 0 Å². The lowest BCUT2D eigenvalue weighted by Crippen LogP contribution is -2.38. The highest BCUT2D eigenvalue weighted by Gasteiger charge is 2.38. The van der Waals surface area contributed by atoms with E-state index < -0.39 is 18.0 Å². The first kappa shape index (κ1) is 18.5. The van der Waals surface area contributed by atoms with Crippen molar-refractivity contribution in [1.82, 2.24) is 10.3 Å². The van der Waals surface area contributed by atoms with Crippen LogP contribution in [0.2, 0.25) is 0 Å². The number of nitrogens with one attached hydrogen (secondary N) is 1. The molecule has 1 aliphatic rings. The van der Waals surface area contributed by atoms with Gasteiger partial charge in [0.15, 0.2) is 5.69 Å². The quantitative estimate of drug-likeness (QED) is 0.749. The van der Waals surface area contributed by atoms with Crippen LogP contribution in [0.1, 0.15) is 56.2 Å². The van der Waals surface area contributed by atoms with Gasteiger partial charge in [-0.3, -0.25) is 0 Å². The number of thiazole rings is 1. The molecule has 9 heteroatoms. The zero-order valence-electron chi connectivity index (χ0n) is 12.7. The third-order valence-electron chi connectivity index (χ3n) is 3.61. The minimum atomic E-state index is -4.44. The Labute approximate surface area is 144 Å². The number of carbonyl (C=O) groups excluding carboxylic acids is 1. The minimum absolute atomic E-state index is 0.00277. The van der Waals surface area contributed by atoms with Gasteiger partial charge in [-0.15, -0.1) is 11.3 Å². The second-order valence-corrected chi connectivity index (χ2v) is 8.17. The van der Waals surface area contributed by atoms with Gasteiger partial charge in [0.1, 0.15) is 3.79 Å². The lowest BCUT2D eigenvalue weighted by Gasteiger charge is -2.28. The van der Waals surface area contributed by atoms with Crippen molar-refractivity contribution in [3.05, 3.63) is 14.5 Å². The fourth-order valence-corrected chi connectivity index (χ4v) is 4.36. The van der Waals surface area contributed by atoms with Crippen LogP contribution in [0.3, 0.4) is 0 Å². The summed E-state index contributed by atoms with van der Waals surface area (Å²) in [7, 11) is 0. The van der Waals surface area contributed by atoms with Crippen LogP contribution in [0.15, 0.2) is 3.79 Å². The summed E-state index contributed by atoms with van der Waals surface area (Å²) in [5.41, 5.74) is -0.849. The minimum Gasteiger partial charge on any atom is -0.447 e. The van der Waals surface area contributed by atoms with Crippen LogP contribution >= 0.6 is 27.3 Å². The van der Waals surface area contributed by atoms with E-state index in [2.05, 4.69) is 26.2 Å². The second kappa shape index (κ2) is 7.38. The monoisotopic (exact) mass is 414 g/mol. The Morgan fingerprint density at radius 3 is 2.43 bits per heavy atom. The van der Waals surface area contributed by atoms with E-state index in [0.29, 0.717) is 30.7 Å². The fraction of sp³-hybridized carbons (Fsp3) is 0.714. The van der Waals surface area contributed by atoms with E-state index in [9.17, 15) is 18.0 Å². The molecule has 1 aliphatic carbocycles. The van der Waals surface area contributed by atoms with E-state index in [1.165, 1.54) is 0 Å². The Morgan fingerprint density at radius 2 is 1.96 bits per heavy atom. The molecule has 1 N–H and O–H groups in total. The van der Waals surface area contributed by atoms with Crippen LogP contribution in [-0.4, -0.2) is 23.2 Å². The van der Waals surface area contributed by atoms with Crippen molar-refractivity contribution in [2.45, 2.75) is 63.8 Å². The molecule has 1 saturated carbocycles. The van der Waals surface area contributed by atoms with E-state index in [4.69, 9.17) is 4.74 Å². The molecule has 0 aliphatic heterocycles. The first-order chi connectivity index (χ1) is 10.7. The highest BCUT2D eigenvalue weighted by Crippen LogP contribution is 2.42. The molecule has 0 aromatic carbocycles. The number of ether oxygens (including phenoxy) is 1. The van der Waals surface area contributed by atoms with E-state index in [1.807, 2.05) is 0 Å². The van der Waals surface area contributed by atoms with E-state index >= 15 is 0 Å². The summed E-state index contributed by atoms with van der Waals surface area (Å²) < 4.78 is 43.4. The van der Waals surface area contributed by atoms with E-state index in [1.54, 1.807) is 13.8 Å². The molecule has 0 bridgehead atoms. The number of rotatable bonds is 3. The van der Waals surface area contributed by atoms with Crippen LogP contribution in [0.5, 0.6) is 0 Å². The predicted molar refractivity (Wildman–Crippen MR) is 84.6 cm³/mol. The number of alkyl carbamates (subject to hydrolysis) is 1. The number of hydrogen-bond donors (Lipinski definition) is 1. The number of halogens is 4. The molecule has 130 valence electrons. The van der Waals surface area contributed by atoms with Gasteiger partial charge in [0.2, 0.25) is 0 Å². The van der Waals surface area contributed by atoms with Gasteiger partial charge in [0, 0.05) is 12.0 Å². The summed E-state index contributed by atoms with van der Waals surface area (Å²) in [6.45, 7) is 3.55. The number of aromatic nitrogens is 1. The van der Waals surface area contributed by atoms with Crippen molar-refractivity contribution >= 4 is 33.4 Å². The Bertz CT molecular complexity index is 555. The average Bonchev–Trinajstić information content (AvgIpc) is 2.80. The summed E-state index contributed by atoms with van der Waals surface area (Å²) >= 11 is 3.99. The van der Waals surface area contributed by atoms with Crippen LogP contribution in [0.25, 0.3) is 0 Å². The highest BCUT2D eigenvalue weighted by molar-refractivity contribution is 9.11. The van der Waals surface area contributed by atoms with Gasteiger partial charge in [-0.25, -0.2) is 9.78 Å². The van der Waals surface area contributed by atoms with Gasteiger partial charge >= 0.3 is 12.3 Å². The lowest BCUT2D eigenvalue weighted by atomic mass is 9.86. The van der Waals surface area contributed by atoms with Crippen molar-refractivity contribution in [2.24, 2.45) is 0 Å². The van der Waals surface area contributed by atoms with E-state index in [0.717, 1.165) is 11.3 Å². The van der Waals surface area contributed by atoms with Crippen LogP contribution in [-0.2, 0) is 10.9 Å².